The van der Waals surface area contributed by atoms with E-state index >= 15 is 0 Å². The van der Waals surface area contributed by atoms with Crippen molar-refractivity contribution in [1.82, 2.24) is 9.97 Å². The van der Waals surface area contributed by atoms with Crippen LogP contribution in [0.2, 0.25) is 0 Å². The molecule has 2 heterocycles. The summed E-state index contributed by atoms with van der Waals surface area (Å²) >= 11 is 0. The van der Waals surface area contributed by atoms with Crippen molar-refractivity contribution in [2.24, 2.45) is 0 Å². The average Bonchev–Trinajstić information content (AvgIpc) is 2.46. The number of rotatable bonds is 4. The standard InChI is InChI=1S/C17H20N2O/c1-11-5-7-15(18-9-11)13(3)17(20)14(4)16-8-6-12(2)10-19-16/h5-10,13-14H,1-4H3. The van der Waals surface area contributed by atoms with Gasteiger partial charge >= 0.3 is 0 Å². The molecule has 0 amide bonds. The zero-order valence-electron chi connectivity index (χ0n) is 12.4. The zero-order chi connectivity index (χ0) is 14.7. The molecule has 2 unspecified atom stereocenters. The highest BCUT2D eigenvalue weighted by Gasteiger charge is 2.24. The van der Waals surface area contributed by atoms with Gasteiger partial charge in [0.05, 0.1) is 23.2 Å². The van der Waals surface area contributed by atoms with Crippen molar-refractivity contribution in [3.05, 3.63) is 59.2 Å². The summed E-state index contributed by atoms with van der Waals surface area (Å²) in [4.78, 5) is 21.2. The molecule has 3 heteroatoms. The molecule has 3 nitrogen and oxygen atoms in total. The molecule has 0 aliphatic carbocycles. The summed E-state index contributed by atoms with van der Waals surface area (Å²) in [7, 11) is 0. The molecule has 2 atom stereocenters. The average molecular weight is 268 g/mol. The van der Waals surface area contributed by atoms with E-state index in [1.807, 2.05) is 52.0 Å². The number of carbonyl (C=O) groups excluding carboxylic acids is 1. The van der Waals surface area contributed by atoms with Crippen LogP contribution < -0.4 is 0 Å². The highest BCUT2D eigenvalue weighted by atomic mass is 16.1. The van der Waals surface area contributed by atoms with E-state index in [0.29, 0.717) is 0 Å². The topological polar surface area (TPSA) is 42.9 Å². The molecule has 0 N–H and O–H groups in total. The second-order valence-electron chi connectivity index (χ2n) is 5.37. The molecule has 20 heavy (non-hydrogen) atoms. The van der Waals surface area contributed by atoms with Crippen molar-refractivity contribution < 1.29 is 4.79 Å². The Labute approximate surface area is 120 Å². The fraction of sp³-hybridized carbons (Fsp3) is 0.353. The fourth-order valence-corrected chi connectivity index (χ4v) is 2.14. The number of hydrogen-bond acceptors (Lipinski definition) is 3. The Morgan fingerprint density at radius 2 is 1.25 bits per heavy atom. The van der Waals surface area contributed by atoms with E-state index in [0.717, 1.165) is 22.5 Å². The van der Waals surface area contributed by atoms with Crippen molar-refractivity contribution >= 4 is 5.78 Å². The highest BCUT2D eigenvalue weighted by Crippen LogP contribution is 2.24. The lowest BCUT2D eigenvalue weighted by Crippen LogP contribution is -2.18. The fourth-order valence-electron chi connectivity index (χ4n) is 2.14. The third kappa shape index (κ3) is 3.10. The lowest BCUT2D eigenvalue weighted by atomic mass is 9.90. The molecule has 0 aromatic carbocycles. The summed E-state index contributed by atoms with van der Waals surface area (Å²) in [5.41, 5.74) is 3.84. The van der Waals surface area contributed by atoms with E-state index in [-0.39, 0.29) is 17.6 Å². The molecule has 2 aromatic heterocycles. The van der Waals surface area contributed by atoms with Crippen LogP contribution in [0.4, 0.5) is 0 Å². The maximum absolute atomic E-state index is 12.5. The molecule has 0 saturated heterocycles. The van der Waals surface area contributed by atoms with Crippen molar-refractivity contribution in [2.75, 3.05) is 0 Å². The maximum atomic E-state index is 12.5. The van der Waals surface area contributed by atoms with Gasteiger partial charge in [-0.05, 0) is 51.0 Å². The van der Waals surface area contributed by atoms with Crippen LogP contribution in [-0.2, 0) is 4.79 Å². The first-order valence-corrected chi connectivity index (χ1v) is 6.88. The molecule has 0 spiro atoms. The third-order valence-electron chi connectivity index (χ3n) is 3.61. The molecule has 0 bridgehead atoms. The van der Waals surface area contributed by atoms with Gasteiger partial charge < -0.3 is 0 Å². The van der Waals surface area contributed by atoms with E-state index in [2.05, 4.69) is 9.97 Å². The first-order chi connectivity index (χ1) is 9.49. The van der Waals surface area contributed by atoms with Crippen molar-refractivity contribution in [3.63, 3.8) is 0 Å². The Morgan fingerprint density at radius 1 is 0.850 bits per heavy atom. The number of aryl methyl sites for hydroxylation is 2. The lowest BCUT2D eigenvalue weighted by Gasteiger charge is -2.16. The number of nitrogens with zero attached hydrogens (tertiary/aromatic N) is 2. The van der Waals surface area contributed by atoms with Crippen LogP contribution in [0, 0.1) is 13.8 Å². The first-order valence-electron chi connectivity index (χ1n) is 6.88. The Kier molecular flexibility index (Phi) is 4.28. The molecular formula is C17H20N2O. The molecule has 2 aromatic rings. The van der Waals surface area contributed by atoms with E-state index in [9.17, 15) is 4.79 Å². The minimum atomic E-state index is -0.214. The van der Waals surface area contributed by atoms with Gasteiger partial charge in [0.25, 0.3) is 0 Å². The van der Waals surface area contributed by atoms with Gasteiger partial charge in [0.15, 0.2) is 0 Å². The predicted molar refractivity (Wildman–Crippen MR) is 79.8 cm³/mol. The van der Waals surface area contributed by atoms with Gasteiger partial charge in [-0.3, -0.25) is 14.8 Å². The smallest absolute Gasteiger partial charge is 0.150 e. The molecule has 2 rings (SSSR count). The molecule has 0 aliphatic heterocycles. The van der Waals surface area contributed by atoms with E-state index < -0.39 is 0 Å². The van der Waals surface area contributed by atoms with E-state index in [1.165, 1.54) is 0 Å². The monoisotopic (exact) mass is 268 g/mol. The van der Waals surface area contributed by atoms with Crippen LogP contribution in [0.3, 0.4) is 0 Å². The predicted octanol–water partition coefficient (Wildman–Crippen LogP) is 3.57. The van der Waals surface area contributed by atoms with Gasteiger partial charge in [0, 0.05) is 12.4 Å². The highest BCUT2D eigenvalue weighted by molar-refractivity contribution is 5.90. The van der Waals surface area contributed by atoms with Gasteiger partial charge in [-0.2, -0.15) is 0 Å². The number of aromatic nitrogens is 2. The van der Waals surface area contributed by atoms with Crippen LogP contribution >= 0.6 is 0 Å². The second kappa shape index (κ2) is 5.95. The van der Waals surface area contributed by atoms with E-state index in [4.69, 9.17) is 0 Å². The summed E-state index contributed by atoms with van der Waals surface area (Å²) < 4.78 is 0. The van der Waals surface area contributed by atoms with Crippen LogP contribution in [-0.4, -0.2) is 15.8 Å². The largest absolute Gasteiger partial charge is 0.298 e. The third-order valence-corrected chi connectivity index (χ3v) is 3.61. The quantitative estimate of drug-likeness (QED) is 0.851. The Bertz CT molecular complexity index is 534. The maximum Gasteiger partial charge on any atom is 0.150 e. The van der Waals surface area contributed by atoms with Gasteiger partial charge in [-0.15, -0.1) is 0 Å². The van der Waals surface area contributed by atoms with Crippen LogP contribution in [0.5, 0.6) is 0 Å². The Balaban J connectivity index is 2.17. The van der Waals surface area contributed by atoms with Gasteiger partial charge in [0.2, 0.25) is 0 Å². The molecule has 0 aliphatic rings. The van der Waals surface area contributed by atoms with Crippen molar-refractivity contribution in [2.45, 2.75) is 39.5 Å². The molecule has 0 fully saturated rings. The number of ketones is 1. The zero-order valence-corrected chi connectivity index (χ0v) is 12.4. The summed E-state index contributed by atoms with van der Waals surface area (Å²) in [5, 5.41) is 0. The minimum Gasteiger partial charge on any atom is -0.298 e. The molecule has 104 valence electrons. The second-order valence-corrected chi connectivity index (χ2v) is 5.37. The summed E-state index contributed by atoms with van der Waals surface area (Å²) in [5.74, 6) is -0.278. The minimum absolute atomic E-state index is 0.151. The van der Waals surface area contributed by atoms with Crippen LogP contribution in [0.25, 0.3) is 0 Å². The van der Waals surface area contributed by atoms with Gasteiger partial charge in [-0.25, -0.2) is 0 Å². The summed E-state index contributed by atoms with van der Waals surface area (Å²) in [6, 6.07) is 7.82. The lowest BCUT2D eigenvalue weighted by molar-refractivity contribution is -0.121. The number of hydrogen-bond donors (Lipinski definition) is 0. The number of pyridine rings is 2. The molecular weight excluding hydrogens is 248 g/mol. The number of carbonyl (C=O) groups is 1. The van der Waals surface area contributed by atoms with Crippen molar-refractivity contribution in [3.8, 4) is 0 Å². The summed E-state index contributed by atoms with van der Waals surface area (Å²) in [6.07, 6.45) is 3.60. The Morgan fingerprint density at radius 3 is 1.55 bits per heavy atom. The van der Waals surface area contributed by atoms with Crippen molar-refractivity contribution in [1.29, 1.82) is 0 Å². The first kappa shape index (κ1) is 14.4. The Hall–Kier alpha value is -2.03. The summed E-state index contributed by atoms with van der Waals surface area (Å²) in [6.45, 7) is 7.79. The normalized spacial score (nSPS) is 13.8. The van der Waals surface area contributed by atoms with Crippen LogP contribution in [0.1, 0.15) is 48.2 Å². The van der Waals surface area contributed by atoms with Gasteiger partial charge in [-0.1, -0.05) is 12.1 Å². The van der Waals surface area contributed by atoms with Crippen LogP contribution in [0.15, 0.2) is 36.7 Å². The molecule has 0 radical (unpaired) electrons. The SMILES string of the molecule is Cc1ccc(C(C)C(=O)C(C)c2ccc(C)cn2)nc1. The van der Waals surface area contributed by atoms with Gasteiger partial charge in [0.1, 0.15) is 5.78 Å². The number of Topliss-reactive ketones (excluding diaryl/α,β-unsaturated/α-hetero) is 1. The molecule has 0 saturated carbocycles. The van der Waals surface area contributed by atoms with E-state index in [1.54, 1.807) is 12.4 Å².